The maximum atomic E-state index is 13.4. The first-order valence-electron chi connectivity index (χ1n) is 4.92. The Kier molecular flexibility index (Phi) is 2.90. The molecule has 0 N–H and O–H groups in total. The van der Waals surface area contributed by atoms with E-state index in [9.17, 15) is 9.18 Å². The number of carbonyl (C=O) groups is 1. The minimum atomic E-state index is -0.438. The van der Waals surface area contributed by atoms with Crippen molar-refractivity contribution in [2.75, 3.05) is 13.7 Å². The number of benzene rings is 1. The molecule has 0 bridgehead atoms. The fraction of sp³-hybridized carbons (Fsp3) is 0.250. The Hall–Kier alpha value is -1.84. The van der Waals surface area contributed by atoms with Crippen LogP contribution in [0.15, 0.2) is 24.3 Å². The van der Waals surface area contributed by atoms with Gasteiger partial charge >= 0.3 is 5.97 Å². The van der Waals surface area contributed by atoms with Crippen LogP contribution in [0.2, 0.25) is 0 Å². The Bertz CT molecular complexity index is 452. The highest BCUT2D eigenvalue weighted by molar-refractivity contribution is 5.92. The molecule has 0 saturated carbocycles. The van der Waals surface area contributed by atoms with E-state index in [1.807, 2.05) is 0 Å². The molecule has 1 heterocycles. The van der Waals surface area contributed by atoms with Gasteiger partial charge in [-0.05, 0) is 11.6 Å². The summed E-state index contributed by atoms with van der Waals surface area (Å²) in [6.45, 7) is 0.372. The van der Waals surface area contributed by atoms with E-state index >= 15 is 0 Å². The van der Waals surface area contributed by atoms with Crippen molar-refractivity contribution >= 4 is 11.5 Å². The molecule has 1 aromatic carbocycles. The second-order valence-corrected chi connectivity index (χ2v) is 3.41. The lowest BCUT2D eigenvalue weighted by Gasteiger charge is -2.20. The Morgan fingerprint density at radius 1 is 1.56 bits per heavy atom. The summed E-state index contributed by atoms with van der Waals surface area (Å²) < 4.78 is 23.2. The molecule has 0 spiro atoms. The number of fused-ring (bicyclic) bond motifs is 1. The van der Waals surface area contributed by atoms with Crippen molar-refractivity contribution in [1.29, 1.82) is 0 Å². The van der Waals surface area contributed by atoms with Crippen LogP contribution < -0.4 is 4.74 Å². The van der Waals surface area contributed by atoms with Gasteiger partial charge in [0.15, 0.2) is 11.6 Å². The average Bonchev–Trinajstić information content (AvgIpc) is 2.30. The molecule has 0 unspecified atom stereocenters. The molecule has 4 heteroatoms. The van der Waals surface area contributed by atoms with Crippen molar-refractivity contribution < 1.29 is 18.7 Å². The van der Waals surface area contributed by atoms with Gasteiger partial charge in [-0.15, -0.1) is 0 Å². The molecule has 1 aliphatic rings. The van der Waals surface area contributed by atoms with Gasteiger partial charge in [-0.2, -0.15) is 0 Å². The van der Waals surface area contributed by atoms with Gasteiger partial charge in [0.05, 0.1) is 13.7 Å². The predicted molar refractivity (Wildman–Crippen MR) is 56.5 cm³/mol. The summed E-state index contributed by atoms with van der Waals surface area (Å²) in [5, 5.41) is 0. The van der Waals surface area contributed by atoms with Crippen LogP contribution in [0.4, 0.5) is 4.39 Å². The van der Waals surface area contributed by atoms with E-state index in [-0.39, 0.29) is 5.75 Å². The first-order chi connectivity index (χ1) is 7.72. The van der Waals surface area contributed by atoms with Gasteiger partial charge in [0, 0.05) is 18.1 Å². The first-order valence-corrected chi connectivity index (χ1v) is 4.92. The number of esters is 1. The van der Waals surface area contributed by atoms with Crippen LogP contribution in [0.5, 0.6) is 5.75 Å². The van der Waals surface area contributed by atoms with Crippen LogP contribution in [-0.4, -0.2) is 19.7 Å². The molecule has 1 aliphatic heterocycles. The maximum absolute atomic E-state index is 13.4. The van der Waals surface area contributed by atoms with Gasteiger partial charge < -0.3 is 9.47 Å². The molecule has 0 fully saturated rings. The standard InChI is InChI=1S/C12H11FO3/c1-15-11(14)7-8-5-6-16-12-9(8)3-2-4-10(12)13/h2-4,7H,5-6H2,1H3/b8-7+. The quantitative estimate of drug-likeness (QED) is 0.539. The molecule has 3 nitrogen and oxygen atoms in total. The second kappa shape index (κ2) is 4.35. The van der Waals surface area contributed by atoms with Gasteiger partial charge in [-0.25, -0.2) is 9.18 Å². The first kappa shape index (κ1) is 10.7. The number of carbonyl (C=O) groups excluding carboxylic acids is 1. The molecule has 0 radical (unpaired) electrons. The lowest BCUT2D eigenvalue weighted by atomic mass is 9.99. The van der Waals surface area contributed by atoms with Gasteiger partial charge in [0.2, 0.25) is 0 Å². The minimum absolute atomic E-state index is 0.212. The zero-order chi connectivity index (χ0) is 11.5. The highest BCUT2D eigenvalue weighted by Gasteiger charge is 2.19. The monoisotopic (exact) mass is 222 g/mol. The molecule has 0 aliphatic carbocycles. The fourth-order valence-electron chi connectivity index (χ4n) is 1.66. The highest BCUT2D eigenvalue weighted by atomic mass is 19.1. The van der Waals surface area contributed by atoms with E-state index in [1.165, 1.54) is 19.3 Å². The van der Waals surface area contributed by atoms with E-state index in [4.69, 9.17) is 4.74 Å². The second-order valence-electron chi connectivity index (χ2n) is 3.41. The average molecular weight is 222 g/mol. The Morgan fingerprint density at radius 2 is 2.38 bits per heavy atom. The largest absolute Gasteiger partial charge is 0.490 e. The molecule has 0 saturated heterocycles. The molecule has 0 aromatic heterocycles. The van der Waals surface area contributed by atoms with E-state index in [2.05, 4.69) is 4.74 Å². The van der Waals surface area contributed by atoms with Crippen molar-refractivity contribution in [2.45, 2.75) is 6.42 Å². The number of para-hydroxylation sites is 1. The van der Waals surface area contributed by atoms with Crippen LogP contribution in [0.25, 0.3) is 5.57 Å². The highest BCUT2D eigenvalue weighted by Crippen LogP contribution is 2.34. The van der Waals surface area contributed by atoms with Gasteiger partial charge in [-0.1, -0.05) is 12.1 Å². The summed E-state index contributed by atoms with van der Waals surface area (Å²) in [5.74, 6) is -0.635. The van der Waals surface area contributed by atoms with Crippen molar-refractivity contribution in [3.63, 3.8) is 0 Å². The number of hydrogen-bond acceptors (Lipinski definition) is 3. The number of ether oxygens (including phenoxy) is 2. The Morgan fingerprint density at radius 3 is 3.12 bits per heavy atom. The summed E-state index contributed by atoms with van der Waals surface area (Å²) >= 11 is 0. The SMILES string of the molecule is COC(=O)/C=C1\CCOc2c(F)cccc21. The molecular formula is C12H11FO3. The summed E-state index contributed by atoms with van der Waals surface area (Å²) in [5.41, 5.74) is 1.37. The van der Waals surface area contributed by atoms with Crippen molar-refractivity contribution in [1.82, 2.24) is 0 Å². The van der Waals surface area contributed by atoms with Crippen LogP contribution in [-0.2, 0) is 9.53 Å². The third kappa shape index (κ3) is 1.91. The fourth-order valence-corrected chi connectivity index (χ4v) is 1.66. The third-order valence-electron chi connectivity index (χ3n) is 2.42. The topological polar surface area (TPSA) is 35.5 Å². The van der Waals surface area contributed by atoms with E-state index < -0.39 is 11.8 Å². The van der Waals surface area contributed by atoms with Crippen molar-refractivity contribution in [3.8, 4) is 5.75 Å². The zero-order valence-corrected chi connectivity index (χ0v) is 8.83. The third-order valence-corrected chi connectivity index (χ3v) is 2.42. The predicted octanol–water partition coefficient (Wildman–Crippen LogP) is 2.16. The smallest absolute Gasteiger partial charge is 0.330 e. The van der Waals surface area contributed by atoms with E-state index in [0.29, 0.717) is 18.6 Å². The zero-order valence-electron chi connectivity index (χ0n) is 8.83. The molecule has 2 rings (SSSR count). The van der Waals surface area contributed by atoms with Gasteiger partial charge in [0.1, 0.15) is 0 Å². The Balaban J connectivity index is 2.44. The minimum Gasteiger partial charge on any atom is -0.490 e. The molecule has 84 valence electrons. The number of rotatable bonds is 1. The van der Waals surface area contributed by atoms with Crippen molar-refractivity contribution in [2.24, 2.45) is 0 Å². The number of hydrogen-bond donors (Lipinski definition) is 0. The summed E-state index contributed by atoms with van der Waals surface area (Å²) in [7, 11) is 1.31. The summed E-state index contributed by atoms with van der Waals surface area (Å²) in [6, 6.07) is 4.65. The van der Waals surface area contributed by atoms with Crippen LogP contribution in [0.1, 0.15) is 12.0 Å². The van der Waals surface area contributed by atoms with Gasteiger partial charge in [-0.3, -0.25) is 0 Å². The number of halogens is 1. The lowest BCUT2D eigenvalue weighted by Crippen LogP contribution is -2.10. The number of methoxy groups -OCH3 is 1. The lowest BCUT2D eigenvalue weighted by molar-refractivity contribution is -0.134. The van der Waals surface area contributed by atoms with Crippen molar-refractivity contribution in [3.05, 3.63) is 35.7 Å². The molecule has 1 aromatic rings. The molecule has 0 amide bonds. The van der Waals surface area contributed by atoms with Crippen LogP contribution in [0, 0.1) is 5.82 Å². The Labute approximate surface area is 92.5 Å². The van der Waals surface area contributed by atoms with Crippen LogP contribution >= 0.6 is 0 Å². The van der Waals surface area contributed by atoms with E-state index in [1.54, 1.807) is 12.1 Å². The summed E-state index contributed by atoms with van der Waals surface area (Å²) in [4.78, 5) is 11.1. The molecule has 0 atom stereocenters. The molecular weight excluding hydrogens is 211 g/mol. The van der Waals surface area contributed by atoms with E-state index in [0.717, 1.165) is 5.57 Å². The summed E-state index contributed by atoms with van der Waals surface area (Å²) in [6.07, 6.45) is 1.95. The van der Waals surface area contributed by atoms with Gasteiger partial charge in [0.25, 0.3) is 0 Å². The normalized spacial score (nSPS) is 16.5. The molecule has 16 heavy (non-hydrogen) atoms. The van der Waals surface area contributed by atoms with Crippen LogP contribution in [0.3, 0.4) is 0 Å². The maximum Gasteiger partial charge on any atom is 0.330 e.